The molecule has 0 saturated carbocycles. The molecule has 8 nitrogen and oxygen atoms in total. The number of aliphatic hydroxyl groups is 4. The van der Waals surface area contributed by atoms with E-state index in [-0.39, 0.29) is 19.8 Å². The summed E-state index contributed by atoms with van der Waals surface area (Å²) in [6.45, 7) is -2.16. The summed E-state index contributed by atoms with van der Waals surface area (Å²) in [5, 5.41) is 39.6. The molecule has 0 spiro atoms. The van der Waals surface area contributed by atoms with Crippen LogP contribution in [0.4, 0.5) is 11.4 Å². The molecule has 0 atom stereocenters. The van der Waals surface area contributed by atoms with Gasteiger partial charge < -0.3 is 30.6 Å². The molecule has 1 aromatic carbocycles. The molecule has 0 saturated heterocycles. The first-order valence-electron chi connectivity index (χ1n) is 6.56. The molecule has 0 fully saturated rings. The number of rotatable bonds is 7. The van der Waals surface area contributed by atoms with Crippen LogP contribution in [0.2, 0.25) is 0 Å². The molecule has 0 aliphatic heterocycles. The third kappa shape index (κ3) is 4.88. The molecule has 1 aromatic rings. The Balaban J connectivity index is 3.66. The highest BCUT2D eigenvalue weighted by Crippen LogP contribution is 2.40. The molecular formula is C13H15I3N2O6. The van der Waals surface area contributed by atoms with Gasteiger partial charge >= 0.3 is 0 Å². The van der Waals surface area contributed by atoms with Crippen LogP contribution >= 0.6 is 67.8 Å². The zero-order chi connectivity index (χ0) is 18.4. The second-order valence-electron chi connectivity index (χ2n) is 4.44. The SMILES string of the molecule is O=C(CO)Nc1c(I)c(CO)c(I)c(N(CCO)C(=O)CO)c1I. The largest absolute Gasteiger partial charge is 0.395 e. The van der Waals surface area contributed by atoms with Gasteiger partial charge in [0.1, 0.15) is 13.2 Å². The molecule has 0 aliphatic rings. The summed E-state index contributed by atoms with van der Waals surface area (Å²) < 4.78 is 1.65. The minimum Gasteiger partial charge on any atom is -0.395 e. The number of nitrogens with zero attached hydrogens (tertiary/aromatic N) is 1. The molecule has 2 amide bonds. The van der Waals surface area contributed by atoms with Crippen LogP contribution in [0.15, 0.2) is 0 Å². The zero-order valence-electron chi connectivity index (χ0n) is 12.2. The lowest BCUT2D eigenvalue weighted by Gasteiger charge is -2.27. The average molecular weight is 676 g/mol. The van der Waals surface area contributed by atoms with E-state index in [0.29, 0.717) is 27.6 Å². The predicted octanol–water partition coefficient (Wildman–Crippen LogP) is 0.241. The number of amides is 2. The van der Waals surface area contributed by atoms with Crippen LogP contribution in [-0.2, 0) is 16.2 Å². The normalized spacial score (nSPS) is 10.6. The number of anilines is 2. The first kappa shape index (κ1) is 22.2. The van der Waals surface area contributed by atoms with Crippen molar-refractivity contribution in [2.24, 2.45) is 0 Å². The first-order valence-corrected chi connectivity index (χ1v) is 9.80. The van der Waals surface area contributed by atoms with Gasteiger partial charge in [0.25, 0.3) is 5.91 Å². The molecule has 0 unspecified atom stereocenters. The number of benzene rings is 1. The maximum Gasteiger partial charge on any atom is 0.252 e. The summed E-state index contributed by atoms with van der Waals surface area (Å²) in [5.41, 5.74) is 1.22. The van der Waals surface area contributed by atoms with Gasteiger partial charge in [-0.3, -0.25) is 9.59 Å². The second kappa shape index (κ2) is 10.4. The Labute approximate surface area is 179 Å². The Kier molecular flexibility index (Phi) is 9.60. The molecule has 24 heavy (non-hydrogen) atoms. The lowest BCUT2D eigenvalue weighted by molar-refractivity contribution is -0.121. The Hall–Kier alpha value is 0.190. The zero-order valence-corrected chi connectivity index (χ0v) is 18.7. The molecule has 1 rings (SSSR count). The molecular weight excluding hydrogens is 661 g/mol. The summed E-state index contributed by atoms with van der Waals surface area (Å²) in [6, 6.07) is 0. The number of hydrogen-bond acceptors (Lipinski definition) is 6. The minimum absolute atomic E-state index is 0.0513. The van der Waals surface area contributed by atoms with Crippen molar-refractivity contribution in [3.63, 3.8) is 0 Å². The van der Waals surface area contributed by atoms with Gasteiger partial charge in [0, 0.05) is 19.2 Å². The van der Waals surface area contributed by atoms with Gasteiger partial charge in [0.05, 0.1) is 28.2 Å². The van der Waals surface area contributed by atoms with E-state index in [9.17, 15) is 24.9 Å². The van der Waals surface area contributed by atoms with Crippen LogP contribution in [0.3, 0.4) is 0 Å². The van der Waals surface area contributed by atoms with Crippen LogP contribution in [-0.4, -0.2) is 58.6 Å². The van der Waals surface area contributed by atoms with E-state index in [1.165, 1.54) is 4.90 Å². The standard InChI is InChI=1S/C13H15I3N2O6/c14-9-6(3-20)10(15)13(18(1-2-19)8(24)5-22)11(16)12(9)17-7(23)4-21/h19-22H,1-5H2,(H,17,23). The lowest BCUT2D eigenvalue weighted by Crippen LogP contribution is -2.37. The van der Waals surface area contributed by atoms with Crippen LogP contribution in [0.5, 0.6) is 0 Å². The predicted molar refractivity (Wildman–Crippen MR) is 113 cm³/mol. The highest BCUT2D eigenvalue weighted by atomic mass is 127. The maximum atomic E-state index is 12.0. The van der Waals surface area contributed by atoms with Gasteiger partial charge in [-0.15, -0.1) is 0 Å². The highest BCUT2D eigenvalue weighted by molar-refractivity contribution is 14.1. The third-order valence-electron chi connectivity index (χ3n) is 2.98. The fourth-order valence-electron chi connectivity index (χ4n) is 1.91. The average Bonchev–Trinajstić information content (AvgIpc) is 2.57. The highest BCUT2D eigenvalue weighted by Gasteiger charge is 2.27. The van der Waals surface area contributed by atoms with Crippen LogP contribution in [0, 0.1) is 10.7 Å². The minimum atomic E-state index is -0.745. The Morgan fingerprint density at radius 3 is 2.04 bits per heavy atom. The van der Waals surface area contributed by atoms with E-state index in [1.807, 2.05) is 67.8 Å². The topological polar surface area (TPSA) is 130 Å². The number of nitrogens with one attached hydrogen (secondary N) is 1. The van der Waals surface area contributed by atoms with Crippen molar-refractivity contribution in [2.45, 2.75) is 6.61 Å². The Morgan fingerprint density at radius 2 is 1.58 bits per heavy atom. The maximum absolute atomic E-state index is 12.0. The molecule has 0 aliphatic carbocycles. The van der Waals surface area contributed by atoms with Crippen molar-refractivity contribution in [3.05, 3.63) is 16.3 Å². The molecule has 5 N–H and O–H groups in total. The first-order chi connectivity index (χ1) is 11.3. The third-order valence-corrected chi connectivity index (χ3v) is 6.38. The van der Waals surface area contributed by atoms with Crippen LogP contribution < -0.4 is 10.2 Å². The van der Waals surface area contributed by atoms with E-state index >= 15 is 0 Å². The summed E-state index contributed by atoms with van der Waals surface area (Å²) in [5.74, 6) is -1.26. The quantitative estimate of drug-likeness (QED) is 0.264. The van der Waals surface area contributed by atoms with Crippen molar-refractivity contribution in [1.82, 2.24) is 0 Å². The second-order valence-corrected chi connectivity index (χ2v) is 7.67. The molecule has 0 aromatic heterocycles. The Bertz CT molecular complexity index is 641. The number of halogens is 3. The van der Waals surface area contributed by atoms with Crippen molar-refractivity contribution in [3.8, 4) is 0 Å². The number of aliphatic hydroxyl groups excluding tert-OH is 4. The van der Waals surface area contributed by atoms with Crippen molar-refractivity contribution in [1.29, 1.82) is 0 Å². The van der Waals surface area contributed by atoms with Crippen molar-refractivity contribution < 1.29 is 30.0 Å². The van der Waals surface area contributed by atoms with Crippen LogP contribution in [0.25, 0.3) is 0 Å². The van der Waals surface area contributed by atoms with Crippen molar-refractivity contribution >= 4 is 91.0 Å². The summed E-state index contributed by atoms with van der Waals surface area (Å²) in [7, 11) is 0. The monoisotopic (exact) mass is 676 g/mol. The van der Waals surface area contributed by atoms with E-state index in [1.54, 1.807) is 0 Å². The number of hydrogen-bond donors (Lipinski definition) is 5. The van der Waals surface area contributed by atoms with E-state index in [4.69, 9.17) is 5.11 Å². The summed E-state index contributed by atoms with van der Waals surface area (Å²) in [6.07, 6.45) is 0. The van der Waals surface area contributed by atoms with Gasteiger partial charge in [-0.05, 0) is 67.8 Å². The van der Waals surface area contributed by atoms with E-state index in [0.717, 1.165) is 0 Å². The lowest BCUT2D eigenvalue weighted by atomic mass is 10.1. The van der Waals surface area contributed by atoms with Gasteiger partial charge in [-0.25, -0.2) is 0 Å². The van der Waals surface area contributed by atoms with Gasteiger partial charge in [0.15, 0.2) is 0 Å². The van der Waals surface area contributed by atoms with Crippen molar-refractivity contribution in [2.75, 3.05) is 36.6 Å². The van der Waals surface area contributed by atoms with Gasteiger partial charge in [-0.1, -0.05) is 0 Å². The smallest absolute Gasteiger partial charge is 0.252 e. The molecule has 0 bridgehead atoms. The van der Waals surface area contributed by atoms with Gasteiger partial charge in [0.2, 0.25) is 5.91 Å². The summed E-state index contributed by atoms with van der Waals surface area (Å²) in [4.78, 5) is 24.8. The van der Waals surface area contributed by atoms with Gasteiger partial charge in [-0.2, -0.15) is 0 Å². The fraction of sp³-hybridized carbons (Fsp3) is 0.385. The molecule has 11 heteroatoms. The summed E-state index contributed by atoms with van der Waals surface area (Å²) >= 11 is 5.86. The van der Waals surface area contributed by atoms with E-state index < -0.39 is 25.0 Å². The molecule has 0 heterocycles. The molecule has 0 radical (unpaired) electrons. The van der Waals surface area contributed by atoms with E-state index in [2.05, 4.69) is 5.32 Å². The molecule has 134 valence electrons. The number of carbonyl (C=O) groups is 2. The Morgan fingerprint density at radius 1 is 0.958 bits per heavy atom. The number of carbonyl (C=O) groups excluding carboxylic acids is 2. The van der Waals surface area contributed by atoms with Crippen LogP contribution in [0.1, 0.15) is 5.56 Å². The fourth-order valence-corrected chi connectivity index (χ4v) is 6.27.